The van der Waals surface area contributed by atoms with Gasteiger partial charge in [-0.15, -0.1) is 0 Å². The Hall–Kier alpha value is -0.770. The van der Waals surface area contributed by atoms with Crippen LogP contribution in [0.15, 0.2) is 0 Å². The Morgan fingerprint density at radius 2 is 2.44 bits per heavy atom. The molecule has 1 radical (unpaired) electrons. The first kappa shape index (κ1) is 6.35. The van der Waals surface area contributed by atoms with Gasteiger partial charge in [0.05, 0.1) is 0 Å². The van der Waals surface area contributed by atoms with Crippen molar-refractivity contribution in [2.75, 3.05) is 13.1 Å². The third-order valence-electron chi connectivity index (χ3n) is 1.16. The van der Waals surface area contributed by atoms with E-state index in [9.17, 15) is 4.79 Å². The van der Waals surface area contributed by atoms with Crippen molar-refractivity contribution in [1.82, 2.24) is 10.6 Å². The molecule has 0 aromatic rings. The van der Waals surface area contributed by atoms with Gasteiger partial charge in [0.1, 0.15) is 6.10 Å². The summed E-state index contributed by atoms with van der Waals surface area (Å²) in [5.74, 6) is 0. The summed E-state index contributed by atoms with van der Waals surface area (Å²) in [6.07, 6.45) is -0.409. The molecule has 2 N–H and O–H groups in total. The summed E-state index contributed by atoms with van der Waals surface area (Å²) in [5, 5.41) is 5.09. The fraction of sp³-hybridized carbons (Fsp3) is 0.600. The molecule has 0 atom stereocenters. The minimum atomic E-state index is -0.457. The number of carbonyl (C=O) groups excluding carboxylic acids is 1. The van der Waals surface area contributed by atoms with Gasteiger partial charge in [0.15, 0.2) is 0 Å². The minimum Gasteiger partial charge on any atom is -0.444 e. The summed E-state index contributed by atoms with van der Waals surface area (Å²) in [7, 11) is 3.15. The molecule has 1 aliphatic rings. The lowest BCUT2D eigenvalue weighted by atomic mass is 10.2. The molecule has 4 heteroatoms. The Bertz CT molecular complexity index is 112. The average molecular weight is 129 g/mol. The fourth-order valence-electron chi connectivity index (χ4n) is 0.539. The second-order valence-electron chi connectivity index (χ2n) is 1.86. The Morgan fingerprint density at radius 1 is 1.78 bits per heavy atom. The first-order valence-electron chi connectivity index (χ1n) is 2.77. The Kier molecular flexibility index (Phi) is 1.89. The van der Waals surface area contributed by atoms with Crippen molar-refractivity contribution in [2.24, 2.45) is 0 Å². The molecule has 0 bridgehead atoms. The predicted molar refractivity (Wildman–Crippen MR) is 31.6 cm³/mol. The van der Waals surface area contributed by atoms with Crippen LogP contribution in [0.4, 0.5) is 4.79 Å². The van der Waals surface area contributed by atoms with Crippen molar-refractivity contribution >= 4 is 6.09 Å². The van der Waals surface area contributed by atoms with E-state index in [2.05, 4.69) is 17.7 Å². The molecule has 0 saturated carbocycles. The van der Waals surface area contributed by atoms with Gasteiger partial charge in [-0.3, -0.25) is 0 Å². The summed E-state index contributed by atoms with van der Waals surface area (Å²) in [6.45, 7) is 1.51. The topological polar surface area (TPSA) is 50.4 Å². The van der Waals surface area contributed by atoms with Gasteiger partial charge >= 0.3 is 6.09 Å². The molecule has 1 aliphatic heterocycles. The molecule has 4 nitrogen and oxygen atoms in total. The molecule has 1 saturated heterocycles. The number of amides is 1. The molecule has 0 aliphatic carbocycles. The van der Waals surface area contributed by atoms with Crippen LogP contribution in [0.3, 0.4) is 0 Å². The highest BCUT2D eigenvalue weighted by atomic mass is 16.6. The molecular formula is C5H9N2O2. The summed E-state index contributed by atoms with van der Waals surface area (Å²) in [6, 6.07) is 0. The number of hydrogen-bond donors (Lipinski definition) is 2. The third-order valence-corrected chi connectivity index (χ3v) is 1.16. The maximum atomic E-state index is 10.4. The van der Waals surface area contributed by atoms with Crippen LogP contribution in [0.1, 0.15) is 0 Å². The van der Waals surface area contributed by atoms with Gasteiger partial charge in [0.25, 0.3) is 0 Å². The van der Waals surface area contributed by atoms with Gasteiger partial charge < -0.3 is 15.4 Å². The van der Waals surface area contributed by atoms with Crippen LogP contribution in [0, 0.1) is 7.05 Å². The molecule has 51 valence electrons. The zero-order chi connectivity index (χ0) is 6.69. The number of nitrogens with one attached hydrogen (secondary N) is 2. The molecule has 0 aromatic heterocycles. The predicted octanol–water partition coefficient (Wildman–Crippen LogP) is -0.524. The van der Waals surface area contributed by atoms with Crippen LogP contribution in [0.25, 0.3) is 0 Å². The molecular weight excluding hydrogens is 120 g/mol. The lowest BCUT2D eigenvalue weighted by molar-refractivity contribution is 0.0695. The Balaban J connectivity index is 2.09. The largest absolute Gasteiger partial charge is 0.444 e. The lowest BCUT2D eigenvalue weighted by Gasteiger charge is -2.26. The molecule has 0 unspecified atom stereocenters. The van der Waals surface area contributed by atoms with Crippen LogP contribution in [-0.2, 0) is 4.74 Å². The summed E-state index contributed by atoms with van der Waals surface area (Å²) in [4.78, 5) is 10.4. The molecule has 0 aromatic carbocycles. The van der Waals surface area contributed by atoms with E-state index in [1.165, 1.54) is 0 Å². The van der Waals surface area contributed by atoms with Gasteiger partial charge in [-0.2, -0.15) is 0 Å². The fourth-order valence-corrected chi connectivity index (χ4v) is 0.539. The first-order valence-corrected chi connectivity index (χ1v) is 2.77. The molecule has 1 rings (SSSR count). The molecule has 1 fully saturated rings. The molecule has 9 heavy (non-hydrogen) atoms. The first-order chi connectivity index (χ1) is 4.33. The zero-order valence-corrected chi connectivity index (χ0v) is 5.02. The normalized spacial score (nSPS) is 18.3. The lowest BCUT2D eigenvalue weighted by Crippen LogP contribution is -2.50. The number of rotatable bonds is 1. The van der Waals surface area contributed by atoms with Crippen LogP contribution < -0.4 is 10.6 Å². The molecule has 1 amide bonds. The van der Waals surface area contributed by atoms with Crippen molar-refractivity contribution in [3.8, 4) is 0 Å². The van der Waals surface area contributed by atoms with E-state index in [4.69, 9.17) is 4.74 Å². The van der Waals surface area contributed by atoms with E-state index in [0.29, 0.717) is 0 Å². The van der Waals surface area contributed by atoms with Gasteiger partial charge in [-0.05, 0) is 0 Å². The Morgan fingerprint density at radius 3 is 2.78 bits per heavy atom. The van der Waals surface area contributed by atoms with Crippen molar-refractivity contribution in [1.29, 1.82) is 0 Å². The van der Waals surface area contributed by atoms with E-state index in [0.717, 1.165) is 13.1 Å². The second-order valence-corrected chi connectivity index (χ2v) is 1.86. The highest BCUT2D eigenvalue weighted by molar-refractivity contribution is 5.67. The average Bonchev–Trinajstić information content (AvgIpc) is 1.78. The van der Waals surface area contributed by atoms with Crippen LogP contribution in [0.5, 0.6) is 0 Å². The van der Waals surface area contributed by atoms with Crippen molar-refractivity contribution in [3.63, 3.8) is 0 Å². The minimum absolute atomic E-state index is 0.0479. The highest BCUT2D eigenvalue weighted by Gasteiger charge is 2.19. The third kappa shape index (κ3) is 1.57. The van der Waals surface area contributed by atoms with Gasteiger partial charge in [-0.1, -0.05) is 0 Å². The van der Waals surface area contributed by atoms with Crippen molar-refractivity contribution in [2.45, 2.75) is 6.10 Å². The quantitative estimate of drug-likeness (QED) is 0.500. The summed E-state index contributed by atoms with van der Waals surface area (Å²) >= 11 is 0. The van der Waals surface area contributed by atoms with E-state index in [1.54, 1.807) is 0 Å². The SMILES string of the molecule is [CH2]NC(=O)OC1CNC1. The van der Waals surface area contributed by atoms with Gasteiger partial charge in [0.2, 0.25) is 0 Å². The summed E-state index contributed by atoms with van der Waals surface area (Å²) < 4.78 is 4.76. The van der Waals surface area contributed by atoms with E-state index < -0.39 is 6.09 Å². The molecule has 1 heterocycles. The molecule has 0 spiro atoms. The monoisotopic (exact) mass is 129 g/mol. The number of ether oxygens (including phenoxy) is 1. The maximum Gasteiger partial charge on any atom is 0.407 e. The van der Waals surface area contributed by atoms with Crippen LogP contribution in [-0.4, -0.2) is 25.3 Å². The van der Waals surface area contributed by atoms with Gasteiger partial charge in [-0.25, -0.2) is 4.79 Å². The smallest absolute Gasteiger partial charge is 0.407 e. The van der Waals surface area contributed by atoms with Crippen LogP contribution >= 0.6 is 0 Å². The second kappa shape index (κ2) is 2.68. The standard InChI is InChI=1S/C5H9N2O2/c1-6-5(8)9-4-2-7-3-4/h4,7H,1-3H2,(H,6,8). The highest BCUT2D eigenvalue weighted by Crippen LogP contribution is 1.96. The maximum absolute atomic E-state index is 10.4. The van der Waals surface area contributed by atoms with Crippen LogP contribution in [0.2, 0.25) is 0 Å². The van der Waals surface area contributed by atoms with E-state index >= 15 is 0 Å². The van der Waals surface area contributed by atoms with E-state index in [-0.39, 0.29) is 6.10 Å². The van der Waals surface area contributed by atoms with Crippen molar-refractivity contribution in [3.05, 3.63) is 7.05 Å². The van der Waals surface area contributed by atoms with Gasteiger partial charge in [0, 0.05) is 20.1 Å². The Labute approximate surface area is 53.6 Å². The number of hydrogen-bond acceptors (Lipinski definition) is 3. The van der Waals surface area contributed by atoms with Crippen molar-refractivity contribution < 1.29 is 9.53 Å². The number of carbonyl (C=O) groups is 1. The van der Waals surface area contributed by atoms with E-state index in [1.807, 2.05) is 0 Å². The zero-order valence-electron chi connectivity index (χ0n) is 5.02. The number of alkyl carbamates (subject to hydrolysis) is 1. The summed E-state index contributed by atoms with van der Waals surface area (Å²) in [5.41, 5.74) is 0.